The van der Waals surface area contributed by atoms with Gasteiger partial charge in [0.2, 0.25) is 0 Å². The second-order valence-electron chi connectivity index (χ2n) is 3.73. The van der Waals surface area contributed by atoms with E-state index >= 15 is 0 Å². The number of carbonyl (C=O) groups is 1. The van der Waals surface area contributed by atoms with Gasteiger partial charge in [0.05, 0.1) is 6.61 Å². The van der Waals surface area contributed by atoms with Crippen molar-refractivity contribution < 1.29 is 18.3 Å². The first-order chi connectivity index (χ1) is 8.52. The molecule has 1 aromatic carbocycles. The monoisotopic (exact) mass is 275 g/mol. The highest BCUT2D eigenvalue weighted by Crippen LogP contribution is 2.25. The second kappa shape index (κ2) is 7.33. The van der Waals surface area contributed by atoms with Crippen LogP contribution in [-0.4, -0.2) is 31.4 Å². The molecule has 18 heavy (non-hydrogen) atoms. The number of thioether (sulfide) groups is 1. The third kappa shape index (κ3) is 5.01. The van der Waals surface area contributed by atoms with E-state index < -0.39 is 5.76 Å². The molecule has 0 aromatic heterocycles. The molecule has 1 aromatic rings. The maximum atomic E-state index is 12.1. The van der Waals surface area contributed by atoms with Crippen LogP contribution in [-0.2, 0) is 4.74 Å². The van der Waals surface area contributed by atoms with Crippen LogP contribution in [0.1, 0.15) is 17.3 Å². The summed E-state index contributed by atoms with van der Waals surface area (Å²) in [6, 6.07) is 5.97. The number of methoxy groups -OCH3 is 1. The molecular weight excluding hydrogens is 260 g/mol. The molecule has 3 nitrogen and oxygen atoms in total. The van der Waals surface area contributed by atoms with Crippen molar-refractivity contribution in [2.45, 2.75) is 23.6 Å². The van der Waals surface area contributed by atoms with Crippen molar-refractivity contribution in [1.29, 1.82) is 0 Å². The van der Waals surface area contributed by atoms with Gasteiger partial charge >= 0.3 is 0 Å². The predicted octanol–water partition coefficient (Wildman–Crippen LogP) is 2.77. The largest absolute Gasteiger partial charge is 0.383 e. The highest BCUT2D eigenvalue weighted by atomic mass is 32.2. The van der Waals surface area contributed by atoms with E-state index in [0.717, 1.165) is 0 Å². The highest BCUT2D eigenvalue weighted by molar-refractivity contribution is 7.99. The molecule has 6 heteroatoms. The molecule has 1 amide bonds. The van der Waals surface area contributed by atoms with E-state index in [2.05, 4.69) is 5.32 Å². The Bertz CT molecular complexity index is 384. The molecule has 0 heterocycles. The molecule has 0 saturated heterocycles. The van der Waals surface area contributed by atoms with Gasteiger partial charge in [-0.2, -0.15) is 8.78 Å². The molecule has 1 rings (SSSR count). The Morgan fingerprint density at radius 2 is 2.00 bits per heavy atom. The average molecular weight is 275 g/mol. The second-order valence-corrected chi connectivity index (χ2v) is 4.80. The lowest BCUT2D eigenvalue weighted by molar-refractivity contribution is 0.0905. The van der Waals surface area contributed by atoms with Gasteiger partial charge in [0.15, 0.2) is 0 Å². The van der Waals surface area contributed by atoms with Gasteiger partial charge in [-0.25, -0.2) is 0 Å². The van der Waals surface area contributed by atoms with Crippen LogP contribution >= 0.6 is 11.8 Å². The van der Waals surface area contributed by atoms with Gasteiger partial charge in [-0.05, 0) is 31.2 Å². The predicted molar refractivity (Wildman–Crippen MR) is 67.1 cm³/mol. The van der Waals surface area contributed by atoms with Crippen LogP contribution in [0.4, 0.5) is 8.78 Å². The van der Waals surface area contributed by atoms with Crippen molar-refractivity contribution >= 4 is 17.7 Å². The Morgan fingerprint density at radius 1 is 1.39 bits per heavy atom. The molecule has 0 fully saturated rings. The summed E-state index contributed by atoms with van der Waals surface area (Å²) in [5, 5.41) is 2.74. The molecule has 1 unspecified atom stereocenters. The first-order valence-corrected chi connectivity index (χ1v) is 6.25. The molecular formula is C12H15F2NO2S. The summed E-state index contributed by atoms with van der Waals surface area (Å²) in [7, 11) is 1.55. The Balaban J connectivity index is 2.59. The summed E-state index contributed by atoms with van der Waals surface area (Å²) in [6.07, 6.45) is 0. The summed E-state index contributed by atoms with van der Waals surface area (Å²) < 4.78 is 29.1. The number of hydrogen-bond acceptors (Lipinski definition) is 3. The summed E-state index contributed by atoms with van der Waals surface area (Å²) in [5.41, 5.74) is 0.441. The van der Waals surface area contributed by atoms with Crippen LogP contribution in [0.5, 0.6) is 0 Å². The minimum absolute atomic E-state index is 0.0994. The fourth-order valence-electron chi connectivity index (χ4n) is 1.39. The van der Waals surface area contributed by atoms with E-state index in [1.807, 2.05) is 6.92 Å². The molecule has 0 aliphatic rings. The van der Waals surface area contributed by atoms with Crippen molar-refractivity contribution in [3.63, 3.8) is 0 Å². The Hall–Kier alpha value is -1.14. The zero-order chi connectivity index (χ0) is 13.5. The van der Waals surface area contributed by atoms with Crippen LogP contribution in [0.2, 0.25) is 0 Å². The molecule has 0 bridgehead atoms. The van der Waals surface area contributed by atoms with Crippen LogP contribution in [0, 0.1) is 0 Å². The Labute approximate surface area is 109 Å². The SMILES string of the molecule is COCC(C)NC(=O)c1ccc(SC(F)F)cc1. The topological polar surface area (TPSA) is 38.3 Å². The van der Waals surface area contributed by atoms with E-state index in [1.54, 1.807) is 7.11 Å². The lowest BCUT2D eigenvalue weighted by Crippen LogP contribution is -2.35. The number of halogens is 2. The molecule has 0 radical (unpaired) electrons. The van der Waals surface area contributed by atoms with E-state index in [1.165, 1.54) is 24.3 Å². The molecule has 100 valence electrons. The lowest BCUT2D eigenvalue weighted by Gasteiger charge is -2.12. The summed E-state index contributed by atoms with van der Waals surface area (Å²) >= 11 is 0.456. The zero-order valence-electron chi connectivity index (χ0n) is 10.2. The summed E-state index contributed by atoms with van der Waals surface area (Å²) in [5.74, 6) is -2.69. The van der Waals surface area contributed by atoms with Crippen molar-refractivity contribution in [3.8, 4) is 0 Å². The number of amides is 1. The first kappa shape index (κ1) is 14.9. The zero-order valence-corrected chi connectivity index (χ0v) is 11.0. The third-order valence-electron chi connectivity index (χ3n) is 2.14. The van der Waals surface area contributed by atoms with E-state index in [4.69, 9.17) is 4.74 Å². The standard InChI is InChI=1S/C12H15F2NO2S/c1-8(7-17-2)15-11(16)9-3-5-10(6-4-9)18-12(13)14/h3-6,8,12H,7H2,1-2H3,(H,15,16). The normalized spacial score (nSPS) is 12.5. The number of ether oxygens (including phenoxy) is 1. The van der Waals surface area contributed by atoms with Gasteiger partial charge in [-0.15, -0.1) is 0 Å². The maximum Gasteiger partial charge on any atom is 0.288 e. The molecule has 0 aliphatic carbocycles. The van der Waals surface area contributed by atoms with E-state index in [-0.39, 0.29) is 11.9 Å². The Kier molecular flexibility index (Phi) is 6.07. The Morgan fingerprint density at radius 3 is 2.50 bits per heavy atom. The fourth-order valence-corrected chi connectivity index (χ4v) is 1.89. The number of nitrogens with one attached hydrogen (secondary N) is 1. The number of benzene rings is 1. The van der Waals surface area contributed by atoms with Crippen LogP contribution in [0.15, 0.2) is 29.2 Å². The molecule has 0 spiro atoms. The quantitative estimate of drug-likeness (QED) is 0.811. The van der Waals surface area contributed by atoms with Crippen molar-refractivity contribution in [2.75, 3.05) is 13.7 Å². The number of alkyl halides is 2. The molecule has 0 aliphatic heterocycles. The number of hydrogen-bond donors (Lipinski definition) is 1. The maximum absolute atomic E-state index is 12.1. The van der Waals surface area contributed by atoms with Crippen molar-refractivity contribution in [1.82, 2.24) is 5.32 Å². The van der Waals surface area contributed by atoms with Crippen LogP contribution in [0.25, 0.3) is 0 Å². The number of rotatable bonds is 6. The lowest BCUT2D eigenvalue weighted by atomic mass is 10.2. The van der Waals surface area contributed by atoms with E-state index in [0.29, 0.717) is 28.8 Å². The third-order valence-corrected chi connectivity index (χ3v) is 2.86. The summed E-state index contributed by atoms with van der Waals surface area (Å²) in [4.78, 5) is 12.2. The van der Waals surface area contributed by atoms with Crippen molar-refractivity contribution in [2.24, 2.45) is 0 Å². The van der Waals surface area contributed by atoms with Crippen molar-refractivity contribution in [3.05, 3.63) is 29.8 Å². The highest BCUT2D eigenvalue weighted by Gasteiger charge is 2.10. The average Bonchev–Trinajstić information content (AvgIpc) is 2.29. The van der Waals surface area contributed by atoms with Gasteiger partial charge in [0.1, 0.15) is 0 Å². The van der Waals surface area contributed by atoms with Gasteiger partial charge in [-0.1, -0.05) is 11.8 Å². The minimum atomic E-state index is -2.45. The molecule has 1 atom stereocenters. The first-order valence-electron chi connectivity index (χ1n) is 5.37. The number of carbonyl (C=O) groups excluding carboxylic acids is 1. The van der Waals surface area contributed by atoms with Gasteiger partial charge in [0.25, 0.3) is 11.7 Å². The van der Waals surface area contributed by atoms with Crippen LogP contribution < -0.4 is 5.32 Å². The fraction of sp³-hybridized carbons (Fsp3) is 0.417. The summed E-state index contributed by atoms with van der Waals surface area (Å²) in [6.45, 7) is 2.24. The van der Waals surface area contributed by atoms with Gasteiger partial charge in [0, 0.05) is 23.6 Å². The molecule has 0 saturated carbocycles. The van der Waals surface area contributed by atoms with Gasteiger partial charge < -0.3 is 10.1 Å². The van der Waals surface area contributed by atoms with Crippen LogP contribution in [0.3, 0.4) is 0 Å². The minimum Gasteiger partial charge on any atom is -0.383 e. The van der Waals surface area contributed by atoms with Gasteiger partial charge in [-0.3, -0.25) is 4.79 Å². The molecule has 1 N–H and O–H groups in total. The smallest absolute Gasteiger partial charge is 0.288 e. The van der Waals surface area contributed by atoms with E-state index in [9.17, 15) is 13.6 Å².